The van der Waals surface area contributed by atoms with Gasteiger partial charge in [-0.25, -0.2) is 0 Å². The number of nitrogens with two attached hydrogens (primary N) is 1. The number of benzene rings is 1. The molecule has 1 aromatic carbocycles. The minimum atomic E-state index is 0.278. The topological polar surface area (TPSA) is 35.2 Å². The van der Waals surface area contributed by atoms with Gasteiger partial charge in [-0.2, -0.15) is 0 Å². The number of hydrogen-bond acceptors (Lipinski definition) is 2. The van der Waals surface area contributed by atoms with Gasteiger partial charge in [0.2, 0.25) is 0 Å². The summed E-state index contributed by atoms with van der Waals surface area (Å²) in [7, 11) is 0. The smallest absolute Gasteiger partial charge is 0.0731 e. The third-order valence-electron chi connectivity index (χ3n) is 2.30. The molecule has 0 bridgehead atoms. The molecule has 0 aliphatic carbocycles. The lowest BCUT2D eigenvalue weighted by Gasteiger charge is -2.13. The van der Waals surface area contributed by atoms with Crippen molar-refractivity contribution in [3.8, 4) is 0 Å². The Labute approximate surface area is 99.9 Å². The molecule has 0 radical (unpaired) electrons. The van der Waals surface area contributed by atoms with Crippen molar-refractivity contribution >= 4 is 15.9 Å². The molecule has 2 nitrogen and oxygen atoms in total. The van der Waals surface area contributed by atoms with Crippen LogP contribution in [0.3, 0.4) is 0 Å². The Morgan fingerprint density at radius 3 is 2.80 bits per heavy atom. The first-order valence-corrected chi connectivity index (χ1v) is 6.08. The van der Waals surface area contributed by atoms with Gasteiger partial charge < -0.3 is 10.5 Å². The molecule has 0 saturated heterocycles. The van der Waals surface area contributed by atoms with Gasteiger partial charge in [0.05, 0.1) is 12.7 Å². The van der Waals surface area contributed by atoms with E-state index in [1.165, 1.54) is 5.56 Å². The average Bonchev–Trinajstić information content (AvgIpc) is 2.25. The van der Waals surface area contributed by atoms with Crippen molar-refractivity contribution in [3.63, 3.8) is 0 Å². The monoisotopic (exact) mass is 271 g/mol. The highest BCUT2D eigenvalue weighted by molar-refractivity contribution is 9.10. The second kappa shape index (κ2) is 6.99. The van der Waals surface area contributed by atoms with Gasteiger partial charge in [-0.3, -0.25) is 0 Å². The predicted octanol–water partition coefficient (Wildman–Crippen LogP) is 3.09. The van der Waals surface area contributed by atoms with Crippen LogP contribution in [0.15, 0.2) is 28.7 Å². The van der Waals surface area contributed by atoms with Gasteiger partial charge in [0.25, 0.3) is 0 Å². The van der Waals surface area contributed by atoms with E-state index in [0.29, 0.717) is 6.61 Å². The maximum Gasteiger partial charge on any atom is 0.0731 e. The second-order valence-corrected chi connectivity index (χ2v) is 4.50. The largest absolute Gasteiger partial charge is 0.374 e. The van der Waals surface area contributed by atoms with E-state index in [-0.39, 0.29) is 6.10 Å². The zero-order valence-electron chi connectivity index (χ0n) is 9.08. The molecule has 0 fully saturated rings. The van der Waals surface area contributed by atoms with Crippen LogP contribution in [0.1, 0.15) is 25.3 Å². The molecule has 3 heteroatoms. The van der Waals surface area contributed by atoms with Crippen molar-refractivity contribution in [3.05, 3.63) is 34.3 Å². The summed E-state index contributed by atoms with van der Waals surface area (Å²) in [6, 6.07) is 8.13. The first-order chi connectivity index (χ1) is 7.24. The second-order valence-electron chi connectivity index (χ2n) is 3.64. The van der Waals surface area contributed by atoms with Gasteiger partial charge >= 0.3 is 0 Å². The molecule has 0 aromatic heterocycles. The summed E-state index contributed by atoms with van der Waals surface area (Å²) in [5.74, 6) is 0. The lowest BCUT2D eigenvalue weighted by molar-refractivity contribution is 0.0464. The van der Waals surface area contributed by atoms with E-state index < -0.39 is 0 Å². The first kappa shape index (κ1) is 12.7. The van der Waals surface area contributed by atoms with Crippen LogP contribution in [0.25, 0.3) is 0 Å². The summed E-state index contributed by atoms with van der Waals surface area (Å²) in [5.41, 5.74) is 6.64. The predicted molar refractivity (Wildman–Crippen MR) is 66.7 cm³/mol. The van der Waals surface area contributed by atoms with Crippen LogP contribution in [0, 0.1) is 0 Å². The normalized spacial score (nSPS) is 12.7. The van der Waals surface area contributed by atoms with Gasteiger partial charge in [0.15, 0.2) is 0 Å². The molecule has 0 aliphatic rings. The third-order valence-corrected chi connectivity index (χ3v) is 3.07. The fourth-order valence-electron chi connectivity index (χ4n) is 1.34. The summed E-state index contributed by atoms with van der Waals surface area (Å²) in [6.07, 6.45) is 2.33. The fraction of sp³-hybridized carbons (Fsp3) is 0.500. The first-order valence-electron chi connectivity index (χ1n) is 5.29. The molecule has 0 heterocycles. The quantitative estimate of drug-likeness (QED) is 0.863. The summed E-state index contributed by atoms with van der Waals surface area (Å²) in [5, 5.41) is 0. The van der Waals surface area contributed by atoms with Crippen molar-refractivity contribution in [1.82, 2.24) is 0 Å². The fourth-order valence-corrected chi connectivity index (χ4v) is 1.74. The molecule has 15 heavy (non-hydrogen) atoms. The summed E-state index contributed by atoms with van der Waals surface area (Å²) in [6.45, 7) is 3.49. The Hall–Kier alpha value is -0.380. The van der Waals surface area contributed by atoms with E-state index in [1.807, 2.05) is 18.2 Å². The van der Waals surface area contributed by atoms with Crippen LogP contribution in [0.4, 0.5) is 0 Å². The van der Waals surface area contributed by atoms with Gasteiger partial charge in [0, 0.05) is 4.47 Å². The molecule has 2 N–H and O–H groups in total. The highest BCUT2D eigenvalue weighted by Gasteiger charge is 2.03. The van der Waals surface area contributed by atoms with Crippen molar-refractivity contribution < 1.29 is 4.74 Å². The maximum atomic E-state index is 5.73. The van der Waals surface area contributed by atoms with Gasteiger partial charge in [0.1, 0.15) is 0 Å². The molecular formula is C12H18BrNO. The standard InChI is InChI=1S/C12H18BrNO/c1-10(5-4-8-14)15-9-11-6-2-3-7-12(11)13/h2-3,6-7,10H,4-5,8-9,14H2,1H3. The molecule has 0 saturated carbocycles. The minimum Gasteiger partial charge on any atom is -0.374 e. The Kier molecular flexibility index (Phi) is 5.91. The van der Waals surface area contributed by atoms with Gasteiger partial charge in [-0.05, 0) is 37.9 Å². The highest BCUT2D eigenvalue weighted by atomic mass is 79.9. The number of rotatable bonds is 6. The van der Waals surface area contributed by atoms with Crippen LogP contribution >= 0.6 is 15.9 Å². The molecule has 1 aromatic rings. The molecule has 1 rings (SSSR count). The molecule has 84 valence electrons. The lowest BCUT2D eigenvalue weighted by Crippen LogP contribution is -2.11. The molecule has 0 aliphatic heterocycles. The Morgan fingerprint density at radius 2 is 2.13 bits per heavy atom. The van der Waals surface area contributed by atoms with E-state index in [9.17, 15) is 0 Å². The molecule has 0 spiro atoms. The Balaban J connectivity index is 2.33. The van der Waals surface area contributed by atoms with Gasteiger partial charge in [-0.15, -0.1) is 0 Å². The van der Waals surface area contributed by atoms with Crippen LogP contribution in [0.2, 0.25) is 0 Å². The van der Waals surface area contributed by atoms with Crippen molar-refractivity contribution in [1.29, 1.82) is 0 Å². The number of ether oxygens (including phenoxy) is 1. The van der Waals surface area contributed by atoms with E-state index >= 15 is 0 Å². The molecular weight excluding hydrogens is 254 g/mol. The SMILES string of the molecule is CC(CCCN)OCc1ccccc1Br. The highest BCUT2D eigenvalue weighted by Crippen LogP contribution is 2.17. The molecule has 1 atom stereocenters. The van der Waals surface area contributed by atoms with E-state index in [2.05, 4.69) is 28.9 Å². The van der Waals surface area contributed by atoms with Crippen LogP contribution in [0.5, 0.6) is 0 Å². The summed E-state index contributed by atoms with van der Waals surface area (Å²) >= 11 is 3.50. The van der Waals surface area contributed by atoms with Crippen molar-refractivity contribution in [2.45, 2.75) is 32.5 Å². The zero-order valence-corrected chi connectivity index (χ0v) is 10.7. The lowest BCUT2D eigenvalue weighted by atomic mass is 10.2. The van der Waals surface area contributed by atoms with Crippen molar-refractivity contribution in [2.24, 2.45) is 5.73 Å². The van der Waals surface area contributed by atoms with Crippen molar-refractivity contribution in [2.75, 3.05) is 6.54 Å². The average molecular weight is 272 g/mol. The van der Waals surface area contributed by atoms with Gasteiger partial charge in [-0.1, -0.05) is 34.1 Å². The summed E-state index contributed by atoms with van der Waals surface area (Å²) < 4.78 is 6.83. The summed E-state index contributed by atoms with van der Waals surface area (Å²) in [4.78, 5) is 0. The Morgan fingerprint density at radius 1 is 1.40 bits per heavy atom. The third kappa shape index (κ3) is 4.78. The number of halogens is 1. The minimum absolute atomic E-state index is 0.278. The molecule has 1 unspecified atom stereocenters. The Bertz CT molecular complexity index is 291. The van der Waals surface area contributed by atoms with E-state index in [4.69, 9.17) is 10.5 Å². The van der Waals surface area contributed by atoms with E-state index in [0.717, 1.165) is 23.9 Å². The van der Waals surface area contributed by atoms with Crippen LogP contribution in [-0.2, 0) is 11.3 Å². The maximum absolute atomic E-state index is 5.73. The van der Waals surface area contributed by atoms with Crippen LogP contribution in [-0.4, -0.2) is 12.6 Å². The number of hydrogen-bond donors (Lipinski definition) is 1. The zero-order chi connectivity index (χ0) is 11.1. The molecule has 0 amide bonds. The van der Waals surface area contributed by atoms with E-state index in [1.54, 1.807) is 0 Å². The van der Waals surface area contributed by atoms with Crippen LogP contribution < -0.4 is 5.73 Å².